The molecule has 2 N–H and O–H groups in total. The van der Waals surface area contributed by atoms with Crippen molar-refractivity contribution >= 4 is 43.8 Å². The van der Waals surface area contributed by atoms with Crippen LogP contribution in [-0.4, -0.2) is 31.2 Å². The van der Waals surface area contributed by atoms with Gasteiger partial charge in [0.1, 0.15) is 5.82 Å². The summed E-state index contributed by atoms with van der Waals surface area (Å²) in [6, 6.07) is 8.90. The van der Waals surface area contributed by atoms with Crippen molar-refractivity contribution < 1.29 is 9.18 Å². The van der Waals surface area contributed by atoms with Crippen molar-refractivity contribution in [2.24, 2.45) is 10.7 Å². The molecule has 2 aromatic carbocycles. The van der Waals surface area contributed by atoms with Crippen molar-refractivity contribution in [3.05, 3.63) is 47.3 Å². The van der Waals surface area contributed by atoms with Crippen LogP contribution in [-0.2, 0) is 4.79 Å². The summed E-state index contributed by atoms with van der Waals surface area (Å²) in [6.07, 6.45) is 1.46. The first kappa shape index (κ1) is 18.9. The summed E-state index contributed by atoms with van der Waals surface area (Å²) in [7, 11) is 3.43. The zero-order valence-electron chi connectivity index (χ0n) is 15.4. The van der Waals surface area contributed by atoms with Gasteiger partial charge in [-0.25, -0.2) is 4.39 Å². The number of nitrogens with zero attached hydrogens (tertiary/aromatic N) is 2. The molecule has 3 rings (SSSR count). The van der Waals surface area contributed by atoms with Crippen LogP contribution in [0.1, 0.15) is 30.5 Å². The molecule has 1 aromatic heterocycles. The van der Waals surface area contributed by atoms with Gasteiger partial charge in [-0.15, -0.1) is 17.3 Å². The van der Waals surface area contributed by atoms with E-state index in [-0.39, 0.29) is 24.2 Å². The minimum absolute atomic E-state index is 0.0246. The number of nitrogens with two attached hydrogens (primary N) is 1. The van der Waals surface area contributed by atoms with E-state index in [0.717, 1.165) is 25.7 Å². The number of halogens is 1. The number of hydrogen-bond donors (Lipinski definition) is 1. The lowest BCUT2D eigenvalue weighted by Crippen LogP contribution is -2.23. The van der Waals surface area contributed by atoms with Gasteiger partial charge in [0.05, 0.1) is 24.4 Å². The molecule has 0 radical (unpaired) electrons. The number of rotatable bonds is 4. The molecular weight excluding hydrogens is 361 g/mol. The van der Waals surface area contributed by atoms with E-state index in [1.54, 1.807) is 27.1 Å². The summed E-state index contributed by atoms with van der Waals surface area (Å²) in [5.41, 5.74) is 6.78. The maximum absolute atomic E-state index is 14.2. The van der Waals surface area contributed by atoms with Gasteiger partial charge in [-0.3, -0.25) is 9.79 Å². The lowest BCUT2D eigenvalue weighted by molar-refractivity contribution is -0.129. The van der Waals surface area contributed by atoms with Crippen LogP contribution in [0.25, 0.3) is 20.2 Å². The van der Waals surface area contributed by atoms with Crippen LogP contribution in [0.3, 0.4) is 0 Å². The molecule has 6 heteroatoms. The molecule has 0 saturated heterocycles. The molecule has 0 fully saturated rings. The summed E-state index contributed by atoms with van der Waals surface area (Å²) in [4.78, 5) is 18.0. The van der Waals surface area contributed by atoms with Crippen LogP contribution < -0.4 is 5.73 Å². The van der Waals surface area contributed by atoms with Gasteiger partial charge in [0, 0.05) is 34.3 Å². The molecule has 1 heterocycles. The molecule has 3 aromatic rings. The standard InChI is InChI=1S/C21H20FN3OS/c1-4-5-13-8-16-15-9-14(18(24-12-23)11-21(26)25(2)3)6-7-19(15)27-20(16)10-17(13)22/h6-10,12,18H,11H2,1-3H3,(H2,23,24). The van der Waals surface area contributed by atoms with Crippen molar-refractivity contribution in [2.45, 2.75) is 19.4 Å². The predicted octanol–water partition coefficient (Wildman–Crippen LogP) is 4.07. The SMILES string of the molecule is CC#Cc1cc2c(cc1F)sc1ccc(C(CC(=O)N(C)C)N=CN)cc12. The largest absolute Gasteiger partial charge is 0.390 e. The highest BCUT2D eigenvalue weighted by molar-refractivity contribution is 7.25. The van der Waals surface area contributed by atoms with Crippen LogP contribution in [0.2, 0.25) is 0 Å². The van der Waals surface area contributed by atoms with Crippen molar-refractivity contribution in [3.8, 4) is 11.8 Å². The van der Waals surface area contributed by atoms with Crippen LogP contribution in [0.4, 0.5) is 4.39 Å². The Morgan fingerprint density at radius 1 is 1.30 bits per heavy atom. The molecule has 0 aliphatic rings. The zero-order chi connectivity index (χ0) is 19.6. The average molecular weight is 381 g/mol. The van der Waals surface area contributed by atoms with Gasteiger partial charge in [0.15, 0.2) is 0 Å². The minimum Gasteiger partial charge on any atom is -0.390 e. The highest BCUT2D eigenvalue weighted by Crippen LogP contribution is 2.37. The topological polar surface area (TPSA) is 58.7 Å². The molecule has 0 spiro atoms. The van der Waals surface area contributed by atoms with Crippen molar-refractivity contribution in [1.29, 1.82) is 0 Å². The molecular formula is C21H20FN3OS. The van der Waals surface area contributed by atoms with Gasteiger partial charge in [0.2, 0.25) is 5.91 Å². The number of amides is 1. The van der Waals surface area contributed by atoms with E-state index in [4.69, 9.17) is 5.73 Å². The molecule has 0 aliphatic carbocycles. The van der Waals surface area contributed by atoms with E-state index >= 15 is 0 Å². The normalized spacial score (nSPS) is 12.3. The highest BCUT2D eigenvalue weighted by Gasteiger charge is 2.18. The molecule has 0 saturated carbocycles. The summed E-state index contributed by atoms with van der Waals surface area (Å²) in [6.45, 7) is 1.69. The molecule has 1 unspecified atom stereocenters. The van der Waals surface area contributed by atoms with Crippen molar-refractivity contribution in [2.75, 3.05) is 14.1 Å². The highest BCUT2D eigenvalue weighted by atomic mass is 32.1. The van der Waals surface area contributed by atoms with Crippen molar-refractivity contribution in [1.82, 2.24) is 4.90 Å². The van der Waals surface area contributed by atoms with E-state index in [1.165, 1.54) is 28.6 Å². The smallest absolute Gasteiger partial charge is 0.224 e. The number of carbonyl (C=O) groups excluding carboxylic acids is 1. The fraction of sp³-hybridized carbons (Fsp3) is 0.238. The molecule has 1 atom stereocenters. The number of aliphatic imine (C=N–C) groups is 1. The summed E-state index contributed by atoms with van der Waals surface area (Å²) in [5, 5.41) is 1.95. The Labute approximate surface area is 161 Å². The monoisotopic (exact) mass is 381 g/mol. The number of fused-ring (bicyclic) bond motifs is 3. The Morgan fingerprint density at radius 3 is 2.70 bits per heavy atom. The number of carbonyl (C=O) groups is 1. The van der Waals surface area contributed by atoms with Gasteiger partial charge in [-0.05, 0) is 36.8 Å². The number of hydrogen-bond acceptors (Lipinski definition) is 3. The first-order valence-electron chi connectivity index (χ1n) is 8.46. The lowest BCUT2D eigenvalue weighted by atomic mass is 10.0. The van der Waals surface area contributed by atoms with Gasteiger partial charge < -0.3 is 10.6 Å². The minimum atomic E-state index is -0.361. The predicted molar refractivity (Wildman–Crippen MR) is 111 cm³/mol. The first-order chi connectivity index (χ1) is 12.9. The van der Waals surface area contributed by atoms with E-state index in [9.17, 15) is 9.18 Å². The zero-order valence-corrected chi connectivity index (χ0v) is 16.2. The third-order valence-corrected chi connectivity index (χ3v) is 5.49. The van der Waals surface area contributed by atoms with E-state index in [0.29, 0.717) is 5.56 Å². The fourth-order valence-corrected chi connectivity index (χ4v) is 4.05. The van der Waals surface area contributed by atoms with Gasteiger partial charge >= 0.3 is 0 Å². The molecule has 4 nitrogen and oxygen atoms in total. The second-order valence-corrected chi connectivity index (χ2v) is 7.45. The molecule has 0 aliphatic heterocycles. The summed E-state index contributed by atoms with van der Waals surface area (Å²) >= 11 is 1.53. The average Bonchev–Trinajstić information content (AvgIpc) is 2.98. The number of thiophene rings is 1. The quantitative estimate of drug-likeness (QED) is 0.421. The molecule has 1 amide bonds. The fourth-order valence-electron chi connectivity index (χ4n) is 2.96. The van der Waals surface area contributed by atoms with Crippen LogP contribution in [0.15, 0.2) is 35.3 Å². The van der Waals surface area contributed by atoms with Gasteiger partial charge in [-0.1, -0.05) is 12.0 Å². The van der Waals surface area contributed by atoms with E-state index < -0.39 is 0 Å². The Kier molecular flexibility index (Phi) is 5.43. The third-order valence-electron chi connectivity index (χ3n) is 4.36. The third kappa shape index (κ3) is 3.79. The summed E-state index contributed by atoms with van der Waals surface area (Å²) < 4.78 is 16.1. The second kappa shape index (κ2) is 7.77. The second-order valence-electron chi connectivity index (χ2n) is 6.37. The molecule has 138 valence electrons. The van der Waals surface area contributed by atoms with Crippen LogP contribution in [0.5, 0.6) is 0 Å². The Bertz CT molecular complexity index is 1110. The molecule has 0 bridgehead atoms. The maximum atomic E-state index is 14.2. The van der Waals surface area contributed by atoms with Gasteiger partial charge in [0.25, 0.3) is 0 Å². The van der Waals surface area contributed by atoms with E-state index in [1.807, 2.05) is 18.2 Å². The van der Waals surface area contributed by atoms with Crippen LogP contribution >= 0.6 is 11.3 Å². The Morgan fingerprint density at radius 2 is 2.04 bits per heavy atom. The van der Waals surface area contributed by atoms with Crippen molar-refractivity contribution in [3.63, 3.8) is 0 Å². The van der Waals surface area contributed by atoms with Crippen LogP contribution in [0, 0.1) is 17.7 Å². The first-order valence-corrected chi connectivity index (χ1v) is 9.28. The van der Waals surface area contributed by atoms with Gasteiger partial charge in [-0.2, -0.15) is 0 Å². The summed E-state index contributed by atoms with van der Waals surface area (Å²) in [5.74, 6) is 5.22. The van der Waals surface area contributed by atoms with E-state index in [2.05, 4.69) is 16.8 Å². The molecule has 27 heavy (non-hydrogen) atoms. The maximum Gasteiger partial charge on any atom is 0.224 e. The Hall–Kier alpha value is -2.91. The lowest BCUT2D eigenvalue weighted by Gasteiger charge is -2.16. The number of benzene rings is 2. The Balaban J connectivity index is 2.14.